The van der Waals surface area contributed by atoms with Crippen molar-refractivity contribution in [3.8, 4) is 0 Å². The van der Waals surface area contributed by atoms with Gasteiger partial charge in [-0.15, -0.1) is 12.4 Å². The van der Waals surface area contributed by atoms with E-state index >= 15 is 0 Å². The van der Waals surface area contributed by atoms with Crippen LogP contribution < -0.4 is 10.6 Å². The van der Waals surface area contributed by atoms with Crippen LogP contribution >= 0.6 is 12.4 Å². The molecular formula is C12H24ClN3O2. The van der Waals surface area contributed by atoms with E-state index in [1.165, 1.54) is 0 Å². The third-order valence-electron chi connectivity index (χ3n) is 3.41. The Morgan fingerprint density at radius 3 is 2.78 bits per heavy atom. The van der Waals surface area contributed by atoms with E-state index in [9.17, 15) is 4.79 Å². The zero-order valence-electron chi connectivity index (χ0n) is 10.8. The highest BCUT2D eigenvalue weighted by Gasteiger charge is 2.21. The third-order valence-corrected chi connectivity index (χ3v) is 3.41. The maximum atomic E-state index is 11.8. The molecule has 0 radical (unpaired) electrons. The lowest BCUT2D eigenvalue weighted by molar-refractivity contribution is -0.135. The Morgan fingerprint density at radius 1 is 1.33 bits per heavy atom. The first-order valence-electron chi connectivity index (χ1n) is 6.68. The van der Waals surface area contributed by atoms with E-state index < -0.39 is 0 Å². The molecule has 2 saturated heterocycles. The number of nitrogens with zero attached hydrogens (tertiary/aromatic N) is 1. The van der Waals surface area contributed by atoms with E-state index in [0.717, 1.165) is 65.1 Å². The minimum Gasteiger partial charge on any atom is -0.368 e. The molecule has 0 bridgehead atoms. The Bertz CT molecular complexity index is 241. The Hall–Kier alpha value is -0.360. The first-order valence-corrected chi connectivity index (χ1v) is 6.68. The van der Waals surface area contributed by atoms with Gasteiger partial charge in [0.25, 0.3) is 0 Å². The summed E-state index contributed by atoms with van der Waals surface area (Å²) in [5, 5.41) is 6.29. The maximum Gasteiger partial charge on any atom is 0.249 e. The van der Waals surface area contributed by atoms with Crippen LogP contribution in [-0.2, 0) is 9.53 Å². The maximum absolute atomic E-state index is 11.8. The number of rotatable bonds is 4. The zero-order valence-corrected chi connectivity index (χ0v) is 11.6. The van der Waals surface area contributed by atoms with Crippen molar-refractivity contribution >= 4 is 18.3 Å². The Labute approximate surface area is 115 Å². The van der Waals surface area contributed by atoms with Gasteiger partial charge in [0.15, 0.2) is 0 Å². The summed E-state index contributed by atoms with van der Waals surface area (Å²) in [6.07, 6.45) is 2.87. The number of hydrogen-bond acceptors (Lipinski definition) is 4. The average molecular weight is 278 g/mol. The molecule has 106 valence electrons. The van der Waals surface area contributed by atoms with Gasteiger partial charge >= 0.3 is 0 Å². The molecule has 2 rings (SSSR count). The van der Waals surface area contributed by atoms with Gasteiger partial charge < -0.3 is 15.4 Å². The van der Waals surface area contributed by atoms with Gasteiger partial charge in [0.2, 0.25) is 5.91 Å². The van der Waals surface area contributed by atoms with Gasteiger partial charge in [-0.25, -0.2) is 0 Å². The number of hydrogen-bond donors (Lipinski definition) is 2. The number of amides is 1. The fourth-order valence-corrected chi connectivity index (χ4v) is 2.33. The van der Waals surface area contributed by atoms with Crippen LogP contribution in [0.4, 0.5) is 0 Å². The van der Waals surface area contributed by atoms with Crippen LogP contribution in [0.25, 0.3) is 0 Å². The molecule has 2 N–H and O–H groups in total. The summed E-state index contributed by atoms with van der Waals surface area (Å²) in [7, 11) is 0. The predicted octanol–water partition coefficient (Wildman–Crippen LogP) is -0.00130. The Kier molecular flexibility index (Phi) is 7.58. The van der Waals surface area contributed by atoms with Crippen LogP contribution in [0.2, 0.25) is 0 Å². The molecule has 0 aromatic rings. The minimum atomic E-state index is -0.202. The number of carbonyl (C=O) groups excluding carboxylic acids is 1. The summed E-state index contributed by atoms with van der Waals surface area (Å²) >= 11 is 0. The molecule has 2 aliphatic heterocycles. The van der Waals surface area contributed by atoms with Crippen molar-refractivity contribution in [1.82, 2.24) is 15.5 Å². The summed E-state index contributed by atoms with van der Waals surface area (Å²) in [5.74, 6) is 0.0693. The van der Waals surface area contributed by atoms with Crippen molar-refractivity contribution in [1.29, 1.82) is 0 Å². The second kappa shape index (κ2) is 8.69. The summed E-state index contributed by atoms with van der Waals surface area (Å²) in [6.45, 7) is 6.68. The second-order valence-corrected chi connectivity index (χ2v) is 4.74. The van der Waals surface area contributed by atoms with Crippen LogP contribution in [0.5, 0.6) is 0 Å². The zero-order chi connectivity index (χ0) is 11.9. The summed E-state index contributed by atoms with van der Waals surface area (Å²) in [6, 6.07) is 0. The number of ether oxygens (including phenoxy) is 1. The lowest BCUT2D eigenvalue weighted by Gasteiger charge is -2.27. The van der Waals surface area contributed by atoms with Crippen molar-refractivity contribution in [2.45, 2.75) is 25.4 Å². The summed E-state index contributed by atoms with van der Waals surface area (Å²) in [4.78, 5) is 14.1. The van der Waals surface area contributed by atoms with Crippen molar-refractivity contribution in [2.24, 2.45) is 0 Å². The van der Waals surface area contributed by atoms with Gasteiger partial charge in [-0.1, -0.05) is 0 Å². The molecule has 0 aromatic carbocycles. The highest BCUT2D eigenvalue weighted by atomic mass is 35.5. The van der Waals surface area contributed by atoms with E-state index in [2.05, 4.69) is 15.5 Å². The number of carbonyl (C=O) groups is 1. The first-order chi connectivity index (χ1) is 8.36. The highest BCUT2D eigenvalue weighted by Crippen LogP contribution is 2.12. The van der Waals surface area contributed by atoms with Crippen molar-refractivity contribution in [3.63, 3.8) is 0 Å². The molecule has 18 heavy (non-hydrogen) atoms. The molecule has 1 unspecified atom stereocenters. The van der Waals surface area contributed by atoms with Crippen molar-refractivity contribution in [2.75, 3.05) is 45.9 Å². The Morgan fingerprint density at radius 2 is 2.11 bits per heavy atom. The van der Waals surface area contributed by atoms with Crippen molar-refractivity contribution in [3.05, 3.63) is 0 Å². The lowest BCUT2D eigenvalue weighted by atomic mass is 10.1. The topological polar surface area (TPSA) is 53.6 Å². The molecule has 1 amide bonds. The molecule has 2 fully saturated rings. The van der Waals surface area contributed by atoms with Gasteiger partial charge in [-0.2, -0.15) is 0 Å². The monoisotopic (exact) mass is 277 g/mol. The molecule has 5 nitrogen and oxygen atoms in total. The average Bonchev–Trinajstić information content (AvgIpc) is 2.41. The van der Waals surface area contributed by atoms with Crippen LogP contribution in [0.3, 0.4) is 0 Å². The van der Waals surface area contributed by atoms with E-state index in [1.807, 2.05) is 0 Å². The molecule has 0 saturated carbocycles. The van der Waals surface area contributed by atoms with Gasteiger partial charge in [-0.3, -0.25) is 9.69 Å². The fraction of sp³-hybridized carbons (Fsp3) is 0.917. The molecule has 0 aromatic heterocycles. The molecule has 0 aliphatic carbocycles. The van der Waals surface area contributed by atoms with Crippen LogP contribution in [-0.4, -0.2) is 62.8 Å². The van der Waals surface area contributed by atoms with Gasteiger partial charge in [0.1, 0.15) is 6.10 Å². The summed E-state index contributed by atoms with van der Waals surface area (Å²) in [5.41, 5.74) is 0. The fourth-order valence-electron chi connectivity index (χ4n) is 2.33. The van der Waals surface area contributed by atoms with E-state index in [0.29, 0.717) is 0 Å². The largest absolute Gasteiger partial charge is 0.368 e. The first kappa shape index (κ1) is 15.7. The van der Waals surface area contributed by atoms with E-state index in [-0.39, 0.29) is 24.4 Å². The van der Waals surface area contributed by atoms with Crippen LogP contribution in [0.15, 0.2) is 0 Å². The van der Waals surface area contributed by atoms with Crippen LogP contribution in [0, 0.1) is 0 Å². The predicted molar refractivity (Wildman–Crippen MR) is 73.2 cm³/mol. The highest BCUT2D eigenvalue weighted by molar-refractivity contribution is 5.85. The molecular weight excluding hydrogens is 254 g/mol. The normalized spacial score (nSPS) is 25.2. The number of nitrogens with one attached hydrogen (secondary N) is 2. The summed E-state index contributed by atoms with van der Waals surface area (Å²) < 4.78 is 5.45. The van der Waals surface area contributed by atoms with E-state index in [4.69, 9.17) is 4.74 Å². The SMILES string of the molecule is Cl.O=C(NCCN1CCNCC1)C1CCCCO1. The molecule has 2 aliphatic rings. The second-order valence-electron chi connectivity index (χ2n) is 4.74. The minimum absolute atomic E-state index is 0. The smallest absolute Gasteiger partial charge is 0.249 e. The standard InChI is InChI=1S/C12H23N3O2.ClH/c16-12(11-3-1-2-10-17-11)14-6-9-15-7-4-13-5-8-15;/h11,13H,1-10H2,(H,14,16);1H. The van der Waals surface area contributed by atoms with Crippen LogP contribution in [0.1, 0.15) is 19.3 Å². The van der Waals surface area contributed by atoms with Gasteiger partial charge in [-0.05, 0) is 19.3 Å². The molecule has 2 heterocycles. The number of piperazine rings is 1. The number of halogens is 1. The van der Waals surface area contributed by atoms with Gasteiger partial charge in [0, 0.05) is 45.9 Å². The molecule has 0 spiro atoms. The van der Waals surface area contributed by atoms with Crippen molar-refractivity contribution < 1.29 is 9.53 Å². The molecule has 1 atom stereocenters. The van der Waals surface area contributed by atoms with Gasteiger partial charge in [0.05, 0.1) is 0 Å². The quantitative estimate of drug-likeness (QED) is 0.760. The third kappa shape index (κ3) is 5.10. The Balaban J connectivity index is 0.00000162. The molecule has 6 heteroatoms. The lowest BCUT2D eigenvalue weighted by Crippen LogP contribution is -2.47. The van der Waals surface area contributed by atoms with E-state index in [1.54, 1.807) is 0 Å².